The molecule has 0 aliphatic heterocycles. The molecule has 0 fully saturated rings. The van der Waals surface area contributed by atoms with Gasteiger partial charge in [-0.2, -0.15) is 0 Å². The van der Waals surface area contributed by atoms with Gasteiger partial charge in [-0.3, -0.25) is 0 Å². The molecule has 4 aromatic rings. The highest BCUT2D eigenvalue weighted by atomic mass is 35.5. The summed E-state index contributed by atoms with van der Waals surface area (Å²) in [5.74, 6) is 1.69. The highest BCUT2D eigenvalue weighted by Crippen LogP contribution is 2.28. The van der Waals surface area contributed by atoms with Gasteiger partial charge in [0.1, 0.15) is 5.69 Å². The predicted molar refractivity (Wildman–Crippen MR) is 111 cm³/mol. The van der Waals surface area contributed by atoms with Crippen molar-refractivity contribution in [2.24, 2.45) is 0 Å². The first-order chi connectivity index (χ1) is 13.2. The Morgan fingerprint density at radius 2 is 1.70 bits per heavy atom. The SMILES string of the molecule is CCn1c(SCc2ccc(-c3csnn3)cc2)nnc1-c1ccc(Cl)cc1. The fraction of sp³-hybridized carbons (Fsp3) is 0.158. The van der Waals surface area contributed by atoms with Gasteiger partial charge in [0.2, 0.25) is 0 Å². The molecule has 2 aromatic carbocycles. The van der Waals surface area contributed by atoms with Crippen LogP contribution in [0.25, 0.3) is 22.6 Å². The topological polar surface area (TPSA) is 56.5 Å². The summed E-state index contributed by atoms with van der Waals surface area (Å²) in [7, 11) is 0. The first-order valence-electron chi connectivity index (χ1n) is 8.43. The molecule has 27 heavy (non-hydrogen) atoms. The lowest BCUT2D eigenvalue weighted by Crippen LogP contribution is -1.99. The highest BCUT2D eigenvalue weighted by Gasteiger charge is 2.13. The van der Waals surface area contributed by atoms with Crippen LogP contribution in [0.2, 0.25) is 5.02 Å². The number of hydrogen-bond donors (Lipinski definition) is 0. The molecule has 0 unspecified atom stereocenters. The van der Waals surface area contributed by atoms with E-state index in [-0.39, 0.29) is 0 Å². The molecule has 0 N–H and O–H groups in total. The van der Waals surface area contributed by atoms with Crippen molar-refractivity contribution in [2.75, 3.05) is 0 Å². The molecule has 0 spiro atoms. The van der Waals surface area contributed by atoms with Gasteiger partial charge in [0, 0.05) is 33.8 Å². The molecule has 0 aliphatic rings. The Kier molecular flexibility index (Phi) is 5.52. The largest absolute Gasteiger partial charge is 0.302 e. The average Bonchev–Trinajstić information content (AvgIpc) is 3.37. The van der Waals surface area contributed by atoms with Crippen molar-refractivity contribution in [1.29, 1.82) is 0 Å². The summed E-state index contributed by atoms with van der Waals surface area (Å²) in [6.07, 6.45) is 0. The van der Waals surface area contributed by atoms with E-state index in [0.29, 0.717) is 5.02 Å². The van der Waals surface area contributed by atoms with E-state index in [9.17, 15) is 0 Å². The zero-order valence-electron chi connectivity index (χ0n) is 14.5. The summed E-state index contributed by atoms with van der Waals surface area (Å²) in [6, 6.07) is 16.1. The molecule has 2 aromatic heterocycles. The summed E-state index contributed by atoms with van der Waals surface area (Å²) in [6.45, 7) is 2.91. The Morgan fingerprint density at radius 3 is 2.37 bits per heavy atom. The molecule has 136 valence electrons. The quantitative estimate of drug-likeness (QED) is 0.394. The van der Waals surface area contributed by atoms with Crippen LogP contribution in [0, 0.1) is 0 Å². The molecule has 0 aliphatic carbocycles. The third-order valence-corrected chi connectivity index (χ3v) is 5.91. The number of nitrogens with zero attached hydrogens (tertiary/aromatic N) is 5. The molecule has 0 bridgehead atoms. The highest BCUT2D eigenvalue weighted by molar-refractivity contribution is 7.98. The van der Waals surface area contributed by atoms with Crippen LogP contribution in [0.4, 0.5) is 0 Å². The number of benzene rings is 2. The zero-order chi connectivity index (χ0) is 18.6. The number of hydrogen-bond acceptors (Lipinski definition) is 6. The van der Waals surface area contributed by atoms with Crippen LogP contribution in [-0.2, 0) is 12.3 Å². The number of rotatable bonds is 6. The van der Waals surface area contributed by atoms with E-state index in [0.717, 1.165) is 40.1 Å². The van der Waals surface area contributed by atoms with E-state index in [1.165, 1.54) is 17.1 Å². The third kappa shape index (κ3) is 4.05. The van der Waals surface area contributed by atoms with Crippen LogP contribution in [0.1, 0.15) is 12.5 Å². The lowest BCUT2D eigenvalue weighted by molar-refractivity contribution is 0.687. The zero-order valence-corrected chi connectivity index (χ0v) is 16.9. The number of aromatic nitrogens is 5. The van der Waals surface area contributed by atoms with E-state index in [4.69, 9.17) is 11.6 Å². The third-order valence-electron chi connectivity index (χ3n) is 4.11. The Bertz CT molecular complexity index is 1010. The van der Waals surface area contributed by atoms with Crippen LogP contribution in [-0.4, -0.2) is 24.4 Å². The van der Waals surface area contributed by atoms with Crippen molar-refractivity contribution in [3.05, 3.63) is 64.5 Å². The summed E-state index contributed by atoms with van der Waals surface area (Å²) < 4.78 is 6.04. The van der Waals surface area contributed by atoms with Gasteiger partial charge in [-0.05, 0) is 48.3 Å². The van der Waals surface area contributed by atoms with Gasteiger partial charge in [-0.25, -0.2) is 0 Å². The Labute approximate surface area is 170 Å². The number of halogens is 1. The van der Waals surface area contributed by atoms with Gasteiger partial charge in [0.05, 0.1) is 0 Å². The van der Waals surface area contributed by atoms with Crippen LogP contribution in [0.15, 0.2) is 59.1 Å². The standard InChI is InChI=1S/C19H16ClN5S2/c1-2-25-18(15-7-9-16(20)10-8-15)22-23-19(25)26-11-13-3-5-14(6-4-13)17-12-27-24-21-17/h3-10,12H,2,11H2,1H3. The summed E-state index contributed by atoms with van der Waals surface area (Å²) in [5, 5.41) is 16.4. The second-order valence-electron chi connectivity index (χ2n) is 5.83. The van der Waals surface area contributed by atoms with Crippen LogP contribution in [0.5, 0.6) is 0 Å². The molecule has 2 heterocycles. The van der Waals surface area contributed by atoms with Crippen LogP contribution < -0.4 is 0 Å². The Hall–Kier alpha value is -2.22. The molecule has 8 heteroatoms. The second kappa shape index (κ2) is 8.21. The van der Waals surface area contributed by atoms with Crippen molar-refractivity contribution in [1.82, 2.24) is 24.4 Å². The van der Waals surface area contributed by atoms with E-state index in [1.54, 1.807) is 11.8 Å². The monoisotopic (exact) mass is 413 g/mol. The van der Waals surface area contributed by atoms with Gasteiger partial charge in [-0.1, -0.05) is 52.1 Å². The van der Waals surface area contributed by atoms with E-state index < -0.39 is 0 Å². The van der Waals surface area contributed by atoms with Crippen molar-refractivity contribution >= 4 is 34.9 Å². The maximum atomic E-state index is 5.99. The number of thioether (sulfide) groups is 1. The fourth-order valence-corrected chi connectivity index (χ4v) is 4.25. The minimum atomic E-state index is 0.716. The molecule has 0 radical (unpaired) electrons. The van der Waals surface area contributed by atoms with Crippen molar-refractivity contribution in [3.8, 4) is 22.6 Å². The van der Waals surface area contributed by atoms with Crippen LogP contribution in [0.3, 0.4) is 0 Å². The maximum Gasteiger partial charge on any atom is 0.191 e. The Balaban J connectivity index is 1.49. The minimum absolute atomic E-state index is 0.716. The van der Waals surface area contributed by atoms with E-state index in [2.05, 4.69) is 55.5 Å². The first-order valence-corrected chi connectivity index (χ1v) is 10.6. The first kappa shape index (κ1) is 18.2. The van der Waals surface area contributed by atoms with E-state index in [1.807, 2.05) is 29.6 Å². The summed E-state index contributed by atoms with van der Waals surface area (Å²) in [5.41, 5.74) is 4.24. The lowest BCUT2D eigenvalue weighted by atomic mass is 10.1. The molecule has 0 saturated carbocycles. The smallest absolute Gasteiger partial charge is 0.191 e. The van der Waals surface area contributed by atoms with Crippen molar-refractivity contribution in [2.45, 2.75) is 24.4 Å². The van der Waals surface area contributed by atoms with Crippen molar-refractivity contribution < 1.29 is 0 Å². The predicted octanol–water partition coefficient (Wildman–Crippen LogP) is 5.43. The molecule has 0 amide bonds. The summed E-state index contributed by atoms with van der Waals surface area (Å²) in [4.78, 5) is 0. The fourth-order valence-electron chi connectivity index (χ4n) is 2.70. The summed E-state index contributed by atoms with van der Waals surface area (Å²) >= 11 is 9.03. The van der Waals surface area contributed by atoms with Gasteiger partial charge in [0.15, 0.2) is 11.0 Å². The second-order valence-corrected chi connectivity index (χ2v) is 7.82. The van der Waals surface area contributed by atoms with Gasteiger partial charge >= 0.3 is 0 Å². The molecule has 0 atom stereocenters. The van der Waals surface area contributed by atoms with Gasteiger partial charge in [0.25, 0.3) is 0 Å². The van der Waals surface area contributed by atoms with Gasteiger partial charge in [-0.15, -0.1) is 15.3 Å². The molecule has 4 rings (SSSR count). The molecule has 0 saturated heterocycles. The minimum Gasteiger partial charge on any atom is -0.302 e. The van der Waals surface area contributed by atoms with E-state index >= 15 is 0 Å². The molecular formula is C19H16ClN5S2. The van der Waals surface area contributed by atoms with Gasteiger partial charge < -0.3 is 4.57 Å². The molecule has 5 nitrogen and oxygen atoms in total. The van der Waals surface area contributed by atoms with Crippen LogP contribution >= 0.6 is 34.9 Å². The normalized spacial score (nSPS) is 11.0. The average molecular weight is 414 g/mol. The lowest BCUT2D eigenvalue weighted by Gasteiger charge is -2.08. The maximum absolute atomic E-state index is 5.99. The Morgan fingerprint density at radius 1 is 0.963 bits per heavy atom. The molecular weight excluding hydrogens is 398 g/mol. The van der Waals surface area contributed by atoms with Crippen molar-refractivity contribution in [3.63, 3.8) is 0 Å².